The molecule has 2 aliphatic heterocycles. The minimum Gasteiger partial charge on any atom is -0.356 e. The number of hydrogen-bond acceptors (Lipinski definition) is 3. The van der Waals surface area contributed by atoms with Crippen LogP contribution in [0.2, 0.25) is 0 Å². The van der Waals surface area contributed by atoms with Crippen molar-refractivity contribution in [2.45, 2.75) is 31.6 Å². The molecule has 0 bridgehead atoms. The first kappa shape index (κ1) is 17.9. The largest absolute Gasteiger partial charge is 0.356 e. The summed E-state index contributed by atoms with van der Waals surface area (Å²) in [4.78, 5) is 37.2. The molecular formula is C23H23N3O3. The minimum atomic E-state index is -0.367. The predicted octanol–water partition coefficient (Wildman–Crippen LogP) is 2.15. The van der Waals surface area contributed by atoms with Crippen LogP contribution in [0.25, 0.3) is 0 Å². The van der Waals surface area contributed by atoms with E-state index in [-0.39, 0.29) is 35.6 Å². The topological polar surface area (TPSA) is 87.3 Å². The molecule has 3 amide bonds. The minimum absolute atomic E-state index is 0.0860. The van der Waals surface area contributed by atoms with E-state index in [4.69, 9.17) is 0 Å². The molecule has 2 heterocycles. The second kappa shape index (κ2) is 6.72. The highest BCUT2D eigenvalue weighted by molar-refractivity contribution is 6.03. The zero-order chi connectivity index (χ0) is 20.0. The van der Waals surface area contributed by atoms with Gasteiger partial charge in [-0.1, -0.05) is 24.3 Å². The fraction of sp³-hybridized carbons (Fsp3) is 0.348. The van der Waals surface area contributed by atoms with Crippen LogP contribution in [-0.2, 0) is 22.4 Å². The molecule has 6 heteroatoms. The van der Waals surface area contributed by atoms with Crippen LogP contribution in [0.5, 0.6) is 0 Å². The molecule has 0 radical (unpaired) electrons. The molecule has 1 fully saturated rings. The van der Waals surface area contributed by atoms with Gasteiger partial charge in [-0.15, -0.1) is 0 Å². The van der Waals surface area contributed by atoms with Gasteiger partial charge in [-0.2, -0.15) is 0 Å². The van der Waals surface area contributed by atoms with E-state index in [1.165, 1.54) is 0 Å². The summed E-state index contributed by atoms with van der Waals surface area (Å²) in [6.07, 6.45) is 3.27. The second-order valence-corrected chi connectivity index (χ2v) is 8.29. The van der Waals surface area contributed by atoms with Crippen molar-refractivity contribution < 1.29 is 14.4 Å². The standard InChI is InChI=1S/C23H23N3O3/c27-20(25-13-18-17-3-1-2-4-19(17)26-21(18)28)15-5-6-16-12-23(8-7-14(16)11-15)9-10-24-22(23)29/h1-6,11,18H,7-10,12-13H2,(H,24,29)(H,25,27)(H,26,28). The lowest BCUT2D eigenvalue weighted by atomic mass is 9.70. The molecule has 2 aromatic rings. The SMILES string of the molecule is O=C(NCC1C(=O)Nc2ccccc21)c1ccc2c(c1)CCC1(CCNC1=O)C2. The number of anilines is 1. The Morgan fingerprint density at radius 1 is 1.10 bits per heavy atom. The first-order chi connectivity index (χ1) is 14.1. The van der Waals surface area contributed by atoms with Gasteiger partial charge in [-0.05, 0) is 60.6 Å². The van der Waals surface area contributed by atoms with Gasteiger partial charge in [0.2, 0.25) is 11.8 Å². The lowest BCUT2D eigenvalue weighted by Crippen LogP contribution is -2.36. The third kappa shape index (κ3) is 2.99. The number of aryl methyl sites for hydroxylation is 1. The van der Waals surface area contributed by atoms with Gasteiger partial charge in [0.1, 0.15) is 0 Å². The van der Waals surface area contributed by atoms with E-state index in [2.05, 4.69) is 16.0 Å². The molecule has 5 rings (SSSR count). The number of benzene rings is 2. The number of nitrogens with one attached hydrogen (secondary N) is 3. The van der Waals surface area contributed by atoms with Crippen LogP contribution in [0, 0.1) is 5.41 Å². The normalized spacial score (nSPS) is 24.6. The van der Waals surface area contributed by atoms with E-state index in [1.807, 2.05) is 42.5 Å². The third-order valence-electron chi connectivity index (χ3n) is 6.62. The quantitative estimate of drug-likeness (QED) is 0.752. The summed E-state index contributed by atoms with van der Waals surface area (Å²) < 4.78 is 0. The van der Waals surface area contributed by atoms with Gasteiger partial charge in [0.05, 0.1) is 11.3 Å². The summed E-state index contributed by atoms with van der Waals surface area (Å²) in [5, 5.41) is 8.73. The van der Waals surface area contributed by atoms with Crippen LogP contribution in [-0.4, -0.2) is 30.8 Å². The van der Waals surface area contributed by atoms with Crippen molar-refractivity contribution in [3.05, 3.63) is 64.7 Å². The summed E-state index contributed by atoms with van der Waals surface area (Å²) in [5.41, 5.74) is 4.38. The Hall–Kier alpha value is -3.15. The molecule has 2 aromatic carbocycles. The molecule has 29 heavy (non-hydrogen) atoms. The van der Waals surface area contributed by atoms with Crippen LogP contribution >= 0.6 is 0 Å². The van der Waals surface area contributed by atoms with Crippen molar-refractivity contribution in [3.63, 3.8) is 0 Å². The third-order valence-corrected chi connectivity index (χ3v) is 6.62. The van der Waals surface area contributed by atoms with Crippen molar-refractivity contribution in [2.75, 3.05) is 18.4 Å². The number of hydrogen-bond donors (Lipinski definition) is 3. The Labute approximate surface area is 169 Å². The number of amides is 3. The molecule has 148 valence electrons. The van der Waals surface area contributed by atoms with Crippen LogP contribution < -0.4 is 16.0 Å². The molecule has 6 nitrogen and oxygen atoms in total. The maximum atomic E-state index is 12.7. The first-order valence-electron chi connectivity index (χ1n) is 10.1. The molecule has 3 N–H and O–H groups in total. The Morgan fingerprint density at radius 3 is 2.79 bits per heavy atom. The van der Waals surface area contributed by atoms with Gasteiger partial charge in [-0.25, -0.2) is 0 Å². The zero-order valence-electron chi connectivity index (χ0n) is 16.1. The Morgan fingerprint density at radius 2 is 1.97 bits per heavy atom. The molecule has 1 saturated heterocycles. The fourth-order valence-corrected chi connectivity index (χ4v) is 4.90. The van der Waals surface area contributed by atoms with E-state index in [0.717, 1.165) is 54.6 Å². The maximum absolute atomic E-state index is 12.7. The smallest absolute Gasteiger partial charge is 0.251 e. The maximum Gasteiger partial charge on any atom is 0.251 e. The van der Waals surface area contributed by atoms with Crippen molar-refractivity contribution in [1.29, 1.82) is 0 Å². The number of para-hydroxylation sites is 1. The van der Waals surface area contributed by atoms with E-state index in [9.17, 15) is 14.4 Å². The Balaban J connectivity index is 1.28. The summed E-state index contributed by atoms with van der Waals surface area (Å²) in [6.45, 7) is 1.02. The molecule has 1 aliphatic carbocycles. The lowest BCUT2D eigenvalue weighted by molar-refractivity contribution is -0.128. The molecule has 0 saturated carbocycles. The van der Waals surface area contributed by atoms with Crippen LogP contribution in [0.15, 0.2) is 42.5 Å². The molecule has 3 aliphatic rings. The highest BCUT2D eigenvalue weighted by Crippen LogP contribution is 2.41. The summed E-state index contributed by atoms with van der Waals surface area (Å²) in [7, 11) is 0. The monoisotopic (exact) mass is 389 g/mol. The average molecular weight is 389 g/mol. The van der Waals surface area contributed by atoms with Crippen LogP contribution in [0.4, 0.5) is 5.69 Å². The number of fused-ring (bicyclic) bond motifs is 2. The van der Waals surface area contributed by atoms with Gasteiger partial charge in [0, 0.05) is 24.3 Å². The highest BCUT2D eigenvalue weighted by atomic mass is 16.2. The van der Waals surface area contributed by atoms with Gasteiger partial charge in [-0.3, -0.25) is 14.4 Å². The van der Waals surface area contributed by atoms with Gasteiger partial charge in [0.15, 0.2) is 0 Å². The Bertz CT molecular complexity index is 1030. The van der Waals surface area contributed by atoms with Crippen LogP contribution in [0.1, 0.15) is 45.8 Å². The van der Waals surface area contributed by atoms with E-state index >= 15 is 0 Å². The molecule has 0 aromatic heterocycles. The van der Waals surface area contributed by atoms with E-state index < -0.39 is 0 Å². The molecule has 2 unspecified atom stereocenters. The number of carbonyl (C=O) groups excluding carboxylic acids is 3. The lowest BCUT2D eigenvalue weighted by Gasteiger charge is -2.32. The molecule has 2 atom stereocenters. The Kier molecular flexibility index (Phi) is 4.15. The highest BCUT2D eigenvalue weighted by Gasteiger charge is 2.44. The summed E-state index contributed by atoms with van der Waals surface area (Å²) >= 11 is 0. The van der Waals surface area contributed by atoms with Crippen molar-refractivity contribution in [3.8, 4) is 0 Å². The van der Waals surface area contributed by atoms with E-state index in [0.29, 0.717) is 5.56 Å². The molecular weight excluding hydrogens is 366 g/mol. The summed E-state index contributed by atoms with van der Waals surface area (Å²) in [5.74, 6) is -0.463. The summed E-state index contributed by atoms with van der Waals surface area (Å²) in [6, 6.07) is 13.3. The van der Waals surface area contributed by atoms with Gasteiger partial charge < -0.3 is 16.0 Å². The number of rotatable bonds is 3. The van der Waals surface area contributed by atoms with Gasteiger partial charge in [0.25, 0.3) is 5.91 Å². The number of carbonyl (C=O) groups is 3. The second-order valence-electron chi connectivity index (χ2n) is 8.29. The van der Waals surface area contributed by atoms with Crippen molar-refractivity contribution in [1.82, 2.24) is 10.6 Å². The van der Waals surface area contributed by atoms with Gasteiger partial charge >= 0.3 is 0 Å². The first-order valence-corrected chi connectivity index (χ1v) is 10.1. The zero-order valence-corrected chi connectivity index (χ0v) is 16.1. The van der Waals surface area contributed by atoms with Crippen molar-refractivity contribution >= 4 is 23.4 Å². The predicted molar refractivity (Wildman–Crippen MR) is 109 cm³/mol. The van der Waals surface area contributed by atoms with Crippen LogP contribution in [0.3, 0.4) is 0 Å². The van der Waals surface area contributed by atoms with Crippen molar-refractivity contribution in [2.24, 2.45) is 5.41 Å². The average Bonchev–Trinajstić information content (AvgIpc) is 3.24. The molecule has 1 spiro atoms. The van der Waals surface area contributed by atoms with E-state index in [1.54, 1.807) is 0 Å². The fourth-order valence-electron chi connectivity index (χ4n) is 4.90.